The SMILES string of the molecule is c1ccc(C2CC3C(CN2)NNC3c2ccccn2)nc1. The highest BCUT2D eigenvalue weighted by Gasteiger charge is 2.41. The van der Waals surface area contributed by atoms with Crippen molar-refractivity contribution in [2.75, 3.05) is 6.54 Å². The summed E-state index contributed by atoms with van der Waals surface area (Å²) in [5.41, 5.74) is 9.06. The summed E-state index contributed by atoms with van der Waals surface area (Å²) in [6.45, 7) is 0.947. The smallest absolute Gasteiger partial charge is 0.0679 e. The summed E-state index contributed by atoms with van der Waals surface area (Å²) in [6.07, 6.45) is 4.79. The largest absolute Gasteiger partial charge is 0.307 e. The van der Waals surface area contributed by atoms with E-state index < -0.39 is 0 Å². The second-order valence-corrected chi connectivity index (χ2v) is 5.74. The van der Waals surface area contributed by atoms with Gasteiger partial charge in [0.05, 0.1) is 17.4 Å². The number of aromatic nitrogens is 2. The lowest BCUT2D eigenvalue weighted by Crippen LogP contribution is -2.46. The van der Waals surface area contributed by atoms with E-state index in [1.165, 1.54) is 0 Å². The molecule has 3 N–H and O–H groups in total. The van der Waals surface area contributed by atoms with Crippen LogP contribution in [0.4, 0.5) is 0 Å². The fraction of sp³-hybridized carbons (Fsp3) is 0.375. The maximum absolute atomic E-state index is 4.51. The maximum Gasteiger partial charge on any atom is 0.0679 e. The predicted octanol–water partition coefficient (Wildman–Crippen LogP) is 1.34. The molecule has 0 aliphatic carbocycles. The van der Waals surface area contributed by atoms with Gasteiger partial charge < -0.3 is 5.32 Å². The Balaban J connectivity index is 1.56. The van der Waals surface area contributed by atoms with Gasteiger partial charge in [-0.05, 0) is 30.7 Å². The summed E-state index contributed by atoms with van der Waals surface area (Å²) < 4.78 is 0. The number of fused-ring (bicyclic) bond motifs is 1. The first-order valence-electron chi connectivity index (χ1n) is 7.48. The monoisotopic (exact) mass is 281 g/mol. The molecule has 0 aromatic carbocycles. The topological polar surface area (TPSA) is 61.9 Å². The van der Waals surface area contributed by atoms with Crippen molar-refractivity contribution in [3.05, 3.63) is 60.2 Å². The number of nitrogens with one attached hydrogen (secondary N) is 3. The highest BCUT2D eigenvalue weighted by Crippen LogP contribution is 2.37. The summed E-state index contributed by atoms with van der Waals surface area (Å²) in [6, 6.07) is 13.3. The predicted molar refractivity (Wildman–Crippen MR) is 80.1 cm³/mol. The standard InChI is InChI=1S/C16H19N5/c1-3-7-17-12(5-1)14-9-11-15(10-19-14)20-21-16(11)13-6-2-4-8-18-13/h1-8,11,14-16,19-21H,9-10H2. The van der Waals surface area contributed by atoms with Crippen molar-refractivity contribution in [2.45, 2.75) is 24.5 Å². The van der Waals surface area contributed by atoms with Crippen LogP contribution in [-0.4, -0.2) is 22.6 Å². The highest BCUT2D eigenvalue weighted by molar-refractivity contribution is 5.17. The van der Waals surface area contributed by atoms with Gasteiger partial charge >= 0.3 is 0 Å². The Kier molecular flexibility index (Phi) is 3.39. The Hall–Kier alpha value is -1.82. The number of pyridine rings is 2. The van der Waals surface area contributed by atoms with E-state index in [1.807, 2.05) is 24.5 Å². The van der Waals surface area contributed by atoms with Gasteiger partial charge in [0.15, 0.2) is 0 Å². The molecule has 21 heavy (non-hydrogen) atoms. The van der Waals surface area contributed by atoms with Crippen LogP contribution in [0.2, 0.25) is 0 Å². The van der Waals surface area contributed by atoms with Crippen LogP contribution in [0, 0.1) is 5.92 Å². The lowest BCUT2D eigenvalue weighted by molar-refractivity contribution is 0.262. The Morgan fingerprint density at radius 1 is 0.905 bits per heavy atom. The minimum Gasteiger partial charge on any atom is -0.307 e. The second kappa shape index (κ2) is 5.52. The van der Waals surface area contributed by atoms with Crippen LogP contribution in [0.15, 0.2) is 48.8 Å². The molecule has 0 radical (unpaired) electrons. The van der Waals surface area contributed by atoms with Gasteiger partial charge in [-0.1, -0.05) is 12.1 Å². The summed E-state index contributed by atoms with van der Waals surface area (Å²) in [7, 11) is 0. The van der Waals surface area contributed by atoms with Gasteiger partial charge in [0, 0.05) is 36.9 Å². The molecule has 2 aliphatic heterocycles. The molecular formula is C16H19N5. The van der Waals surface area contributed by atoms with Gasteiger partial charge in [-0.2, -0.15) is 0 Å². The molecule has 4 atom stereocenters. The Morgan fingerprint density at radius 2 is 1.67 bits per heavy atom. The van der Waals surface area contributed by atoms with Crippen LogP contribution in [0.3, 0.4) is 0 Å². The van der Waals surface area contributed by atoms with E-state index in [1.54, 1.807) is 0 Å². The number of piperidine rings is 1. The summed E-state index contributed by atoms with van der Waals surface area (Å²) in [5.74, 6) is 0.521. The van der Waals surface area contributed by atoms with E-state index in [2.05, 4.69) is 50.4 Å². The van der Waals surface area contributed by atoms with Crippen molar-refractivity contribution in [3.63, 3.8) is 0 Å². The molecular weight excluding hydrogens is 262 g/mol. The number of hydrogen-bond acceptors (Lipinski definition) is 5. The van der Waals surface area contributed by atoms with Crippen LogP contribution in [0.5, 0.6) is 0 Å². The minimum absolute atomic E-state index is 0.268. The van der Waals surface area contributed by atoms with Gasteiger partial charge in [0.2, 0.25) is 0 Å². The number of hydrazine groups is 1. The maximum atomic E-state index is 4.51. The van der Waals surface area contributed by atoms with E-state index in [4.69, 9.17) is 0 Å². The molecule has 0 amide bonds. The van der Waals surface area contributed by atoms with E-state index in [9.17, 15) is 0 Å². The third-order valence-electron chi connectivity index (χ3n) is 4.51. The van der Waals surface area contributed by atoms with Gasteiger partial charge in [0.1, 0.15) is 0 Å². The average molecular weight is 281 g/mol. The number of nitrogens with zero attached hydrogens (tertiary/aromatic N) is 2. The van der Waals surface area contributed by atoms with Crippen molar-refractivity contribution in [1.82, 2.24) is 26.1 Å². The molecule has 2 aliphatic rings. The number of rotatable bonds is 2. The molecule has 2 aromatic heterocycles. The first-order valence-corrected chi connectivity index (χ1v) is 7.48. The zero-order valence-electron chi connectivity index (χ0n) is 11.7. The Labute approximate surface area is 124 Å². The summed E-state index contributed by atoms with van der Waals surface area (Å²) >= 11 is 0. The second-order valence-electron chi connectivity index (χ2n) is 5.74. The summed E-state index contributed by atoms with van der Waals surface area (Å²) in [5, 5.41) is 3.59. The molecule has 4 unspecified atom stereocenters. The minimum atomic E-state index is 0.268. The zero-order chi connectivity index (χ0) is 14.1. The fourth-order valence-corrected chi connectivity index (χ4v) is 3.43. The van der Waals surface area contributed by atoms with Crippen LogP contribution >= 0.6 is 0 Å². The molecule has 4 rings (SSSR count). The normalized spacial score (nSPS) is 31.8. The first kappa shape index (κ1) is 12.9. The van der Waals surface area contributed by atoms with Crippen molar-refractivity contribution >= 4 is 0 Å². The van der Waals surface area contributed by atoms with Crippen LogP contribution < -0.4 is 16.2 Å². The Bertz CT molecular complexity index is 588. The molecule has 108 valence electrons. The van der Waals surface area contributed by atoms with Gasteiger partial charge in [-0.25, -0.2) is 5.43 Å². The van der Waals surface area contributed by atoms with Crippen molar-refractivity contribution in [3.8, 4) is 0 Å². The molecule has 5 heteroatoms. The van der Waals surface area contributed by atoms with Gasteiger partial charge in [-0.15, -0.1) is 0 Å². The van der Waals surface area contributed by atoms with E-state index in [-0.39, 0.29) is 6.04 Å². The average Bonchev–Trinajstić information content (AvgIpc) is 2.99. The van der Waals surface area contributed by atoms with Crippen molar-refractivity contribution in [2.24, 2.45) is 5.92 Å². The fourth-order valence-electron chi connectivity index (χ4n) is 3.43. The molecule has 4 heterocycles. The van der Waals surface area contributed by atoms with Crippen LogP contribution in [-0.2, 0) is 0 Å². The highest BCUT2D eigenvalue weighted by atomic mass is 15.4. The molecule has 0 saturated carbocycles. The van der Waals surface area contributed by atoms with Crippen LogP contribution in [0.1, 0.15) is 29.9 Å². The van der Waals surface area contributed by atoms with Crippen LogP contribution in [0.25, 0.3) is 0 Å². The molecule has 2 fully saturated rings. The molecule has 2 aromatic rings. The number of hydrogen-bond donors (Lipinski definition) is 3. The third kappa shape index (κ3) is 2.44. The Morgan fingerprint density at radius 3 is 2.38 bits per heavy atom. The molecule has 0 bridgehead atoms. The van der Waals surface area contributed by atoms with Gasteiger partial charge in [-0.3, -0.25) is 15.4 Å². The summed E-state index contributed by atoms with van der Waals surface area (Å²) in [4.78, 5) is 9.01. The van der Waals surface area contributed by atoms with E-state index in [0.29, 0.717) is 18.0 Å². The van der Waals surface area contributed by atoms with Crippen molar-refractivity contribution < 1.29 is 0 Å². The van der Waals surface area contributed by atoms with Crippen molar-refractivity contribution in [1.29, 1.82) is 0 Å². The third-order valence-corrected chi connectivity index (χ3v) is 4.51. The molecule has 5 nitrogen and oxygen atoms in total. The van der Waals surface area contributed by atoms with E-state index >= 15 is 0 Å². The molecule has 0 spiro atoms. The quantitative estimate of drug-likeness (QED) is 0.775. The molecule has 2 saturated heterocycles. The lowest BCUT2D eigenvalue weighted by atomic mass is 9.82. The van der Waals surface area contributed by atoms with E-state index in [0.717, 1.165) is 24.4 Å². The first-order chi connectivity index (χ1) is 10.4. The zero-order valence-corrected chi connectivity index (χ0v) is 11.7. The lowest BCUT2D eigenvalue weighted by Gasteiger charge is -2.33. The van der Waals surface area contributed by atoms with Gasteiger partial charge in [0.25, 0.3) is 0 Å².